The number of hydrogen-bond acceptors (Lipinski definition) is 4. The Bertz CT molecular complexity index is 1500. The molecule has 0 spiro atoms. The molecule has 2 aromatic rings. The minimum atomic E-state index is -0.812. The van der Waals surface area contributed by atoms with Gasteiger partial charge in [-0.3, -0.25) is 9.59 Å². The Morgan fingerprint density at radius 1 is 1.20 bits per heavy atom. The van der Waals surface area contributed by atoms with Crippen LogP contribution in [0.1, 0.15) is 80.4 Å². The third kappa shape index (κ3) is 6.30. The molecule has 2 atom stereocenters. The summed E-state index contributed by atoms with van der Waals surface area (Å²) in [5.74, 6) is -0.817. The maximum Gasteiger partial charge on any atom is 0.303 e. The van der Waals surface area contributed by atoms with Gasteiger partial charge in [-0.05, 0) is 92.2 Å². The van der Waals surface area contributed by atoms with Crippen molar-refractivity contribution in [2.24, 2.45) is 11.8 Å². The number of carbonyl (C=O) groups excluding carboxylic acids is 1. The van der Waals surface area contributed by atoms with Gasteiger partial charge in [0, 0.05) is 31.0 Å². The van der Waals surface area contributed by atoms with Crippen molar-refractivity contribution in [3.8, 4) is 0 Å². The van der Waals surface area contributed by atoms with Crippen LogP contribution in [-0.4, -0.2) is 33.5 Å². The molecule has 7 heteroatoms. The number of aryl methyl sites for hydroxylation is 1. The van der Waals surface area contributed by atoms with E-state index in [4.69, 9.17) is 10.1 Å². The number of amides is 1. The first-order valence-corrected chi connectivity index (χ1v) is 14.2. The van der Waals surface area contributed by atoms with Gasteiger partial charge < -0.3 is 10.4 Å². The van der Waals surface area contributed by atoms with Gasteiger partial charge in [0.2, 0.25) is 0 Å². The number of carboxylic acids is 1. The molecule has 0 saturated carbocycles. The second-order valence-corrected chi connectivity index (χ2v) is 11.2. The van der Waals surface area contributed by atoms with E-state index < -0.39 is 5.97 Å². The second kappa shape index (κ2) is 12.1. The zero-order chi connectivity index (χ0) is 28.2. The highest BCUT2D eigenvalue weighted by atomic mass is 19.1. The number of carbonyl (C=O) groups is 2. The van der Waals surface area contributed by atoms with E-state index >= 15 is 0 Å². The predicted molar refractivity (Wildman–Crippen MR) is 155 cm³/mol. The van der Waals surface area contributed by atoms with Gasteiger partial charge in [-0.25, -0.2) is 14.4 Å². The van der Waals surface area contributed by atoms with Crippen molar-refractivity contribution < 1.29 is 19.1 Å². The summed E-state index contributed by atoms with van der Waals surface area (Å²) in [6, 6.07) is 3.83. The van der Waals surface area contributed by atoms with Crippen molar-refractivity contribution in [3.63, 3.8) is 0 Å². The van der Waals surface area contributed by atoms with Crippen molar-refractivity contribution in [3.05, 3.63) is 88.1 Å². The third-order valence-electron chi connectivity index (χ3n) is 8.14. The summed E-state index contributed by atoms with van der Waals surface area (Å²) in [4.78, 5) is 33.5. The molecule has 2 N–H and O–H groups in total. The highest BCUT2D eigenvalue weighted by Crippen LogP contribution is 2.37. The van der Waals surface area contributed by atoms with Crippen molar-refractivity contribution in [2.75, 3.05) is 6.54 Å². The minimum Gasteiger partial charge on any atom is -0.481 e. The van der Waals surface area contributed by atoms with Crippen molar-refractivity contribution >= 4 is 28.5 Å². The van der Waals surface area contributed by atoms with Gasteiger partial charge in [-0.2, -0.15) is 0 Å². The quantitative estimate of drug-likeness (QED) is 0.332. The molecule has 208 valence electrons. The summed E-state index contributed by atoms with van der Waals surface area (Å²) >= 11 is 0. The Kier molecular flexibility index (Phi) is 8.38. The van der Waals surface area contributed by atoms with Crippen LogP contribution >= 0.6 is 0 Å². The number of nitrogens with one attached hydrogen (secondary N) is 1. The number of halogens is 1. The number of carboxylic acid groups (broad SMARTS) is 1. The Balaban J connectivity index is 1.36. The third-order valence-corrected chi connectivity index (χ3v) is 8.14. The van der Waals surface area contributed by atoms with Gasteiger partial charge in [0.05, 0.1) is 11.3 Å². The maximum absolute atomic E-state index is 13.9. The van der Waals surface area contributed by atoms with E-state index in [9.17, 15) is 14.0 Å². The molecule has 0 fully saturated rings. The normalized spacial score (nSPS) is 20.5. The van der Waals surface area contributed by atoms with Crippen LogP contribution in [0.25, 0.3) is 16.6 Å². The number of pyridine rings is 2. The lowest BCUT2D eigenvalue weighted by atomic mass is 9.87. The Hall–Kier alpha value is -3.87. The molecule has 2 aromatic heterocycles. The Labute approximate surface area is 234 Å². The molecule has 0 aliphatic heterocycles. The first-order valence-electron chi connectivity index (χ1n) is 14.2. The van der Waals surface area contributed by atoms with E-state index in [1.807, 2.05) is 19.1 Å². The highest BCUT2D eigenvalue weighted by molar-refractivity contribution is 5.97. The average Bonchev–Trinajstić information content (AvgIpc) is 3.19. The first kappa shape index (κ1) is 27.7. The zero-order valence-corrected chi connectivity index (χ0v) is 23.2. The monoisotopic (exact) mass is 541 g/mol. The summed E-state index contributed by atoms with van der Waals surface area (Å²) in [5.41, 5.74) is 7.80. The molecule has 0 radical (unpaired) electrons. The molecule has 1 unspecified atom stereocenters. The van der Waals surface area contributed by atoms with Crippen LogP contribution in [0.3, 0.4) is 0 Å². The number of rotatable bonds is 9. The predicted octanol–water partition coefficient (Wildman–Crippen LogP) is 7.05. The minimum absolute atomic E-state index is 0.0349. The van der Waals surface area contributed by atoms with Gasteiger partial charge >= 0.3 is 5.97 Å². The van der Waals surface area contributed by atoms with Crippen LogP contribution in [0.5, 0.6) is 0 Å². The van der Waals surface area contributed by atoms with E-state index in [0.29, 0.717) is 49.4 Å². The van der Waals surface area contributed by atoms with Crippen LogP contribution in [-0.2, 0) is 11.2 Å². The zero-order valence-electron chi connectivity index (χ0n) is 23.2. The van der Waals surface area contributed by atoms with E-state index in [1.54, 1.807) is 12.3 Å². The van der Waals surface area contributed by atoms with Crippen LogP contribution in [0.4, 0.5) is 4.39 Å². The lowest BCUT2D eigenvalue weighted by Gasteiger charge is -2.21. The number of unbranched alkanes of at least 4 members (excludes halogenated alkanes) is 1. The van der Waals surface area contributed by atoms with Crippen molar-refractivity contribution in [1.29, 1.82) is 0 Å². The fraction of sp³-hybridized carbons (Fsp3) is 0.394. The summed E-state index contributed by atoms with van der Waals surface area (Å²) in [6.45, 7) is 4.70. The SMILES string of the molecule is CC1=CC2=C(CC=C1)[C@H](CNC(=O)c1cnc3nc(C4=CC=C(F)CC4C)c(CCCCC(=O)O)cc3c1)CC2. The summed E-state index contributed by atoms with van der Waals surface area (Å²) < 4.78 is 13.9. The topological polar surface area (TPSA) is 92.2 Å². The molecule has 3 aliphatic rings. The van der Waals surface area contributed by atoms with Gasteiger partial charge in [0.1, 0.15) is 5.83 Å². The van der Waals surface area contributed by atoms with E-state index in [0.717, 1.165) is 41.5 Å². The molecule has 0 aromatic carbocycles. The lowest BCUT2D eigenvalue weighted by Crippen LogP contribution is -2.29. The van der Waals surface area contributed by atoms with Gasteiger partial charge in [-0.15, -0.1) is 0 Å². The number of aromatic nitrogens is 2. The molecule has 0 saturated heterocycles. The standard InChI is InChI=1S/C33H36FN3O3/c1-20-6-5-8-29-22(14-20)10-11-24(29)18-36-33(40)26-17-25-16-23(7-3-4-9-30(38)39)31(37-32(25)35-19-26)28-13-12-27(34)15-21(28)2/h5-6,12-14,16-17,19,21,24H,3-4,7-11,15,18H2,1-2H3,(H,36,40)(H,38,39)/t21?,24-/m0/s1. The summed E-state index contributed by atoms with van der Waals surface area (Å²) in [5, 5.41) is 12.9. The Morgan fingerprint density at radius 2 is 2.05 bits per heavy atom. The molecule has 5 rings (SSSR count). The molecular formula is C33H36FN3O3. The molecule has 0 bridgehead atoms. The van der Waals surface area contributed by atoms with Crippen LogP contribution < -0.4 is 5.32 Å². The first-order chi connectivity index (χ1) is 19.3. The smallest absolute Gasteiger partial charge is 0.303 e. The fourth-order valence-electron chi connectivity index (χ4n) is 6.02. The van der Waals surface area contributed by atoms with Gasteiger partial charge in [-0.1, -0.05) is 42.4 Å². The Morgan fingerprint density at radius 3 is 2.85 bits per heavy atom. The van der Waals surface area contributed by atoms with Gasteiger partial charge in [0.25, 0.3) is 5.91 Å². The number of fused-ring (bicyclic) bond motifs is 1. The van der Waals surface area contributed by atoms with Gasteiger partial charge in [0.15, 0.2) is 5.65 Å². The molecule has 1 amide bonds. The average molecular weight is 542 g/mol. The fourth-order valence-corrected chi connectivity index (χ4v) is 6.02. The number of allylic oxidation sites excluding steroid dienone is 9. The number of aliphatic carboxylic acids is 1. The molecule has 3 aliphatic carbocycles. The van der Waals surface area contributed by atoms with E-state index in [1.165, 1.54) is 22.8 Å². The summed E-state index contributed by atoms with van der Waals surface area (Å²) in [7, 11) is 0. The summed E-state index contributed by atoms with van der Waals surface area (Å²) in [6.07, 6.45) is 16.8. The maximum atomic E-state index is 13.9. The molecule has 2 heterocycles. The largest absolute Gasteiger partial charge is 0.481 e. The van der Waals surface area contributed by atoms with E-state index in [2.05, 4.69) is 35.5 Å². The lowest BCUT2D eigenvalue weighted by molar-refractivity contribution is -0.137. The van der Waals surface area contributed by atoms with Crippen LogP contribution in [0, 0.1) is 11.8 Å². The molecule has 6 nitrogen and oxygen atoms in total. The second-order valence-electron chi connectivity index (χ2n) is 11.2. The highest BCUT2D eigenvalue weighted by Gasteiger charge is 2.25. The molecule has 40 heavy (non-hydrogen) atoms. The van der Waals surface area contributed by atoms with E-state index in [-0.39, 0.29) is 24.1 Å². The number of hydrogen-bond donors (Lipinski definition) is 2. The van der Waals surface area contributed by atoms with Crippen LogP contribution in [0.2, 0.25) is 0 Å². The van der Waals surface area contributed by atoms with Crippen molar-refractivity contribution in [2.45, 2.75) is 65.2 Å². The van der Waals surface area contributed by atoms with Crippen LogP contribution in [0.15, 0.2) is 71.3 Å². The molecular weight excluding hydrogens is 505 g/mol. The number of nitrogens with zero attached hydrogens (tertiary/aromatic N) is 2. The van der Waals surface area contributed by atoms with Crippen molar-refractivity contribution in [1.82, 2.24) is 15.3 Å².